The number of carbonyl (C=O) groups is 1. The smallest absolute Gasteiger partial charge is 0.256 e. The van der Waals surface area contributed by atoms with E-state index in [4.69, 9.17) is 11.6 Å². The fourth-order valence-corrected chi connectivity index (χ4v) is 4.94. The lowest BCUT2D eigenvalue weighted by atomic mass is 10.2. The summed E-state index contributed by atoms with van der Waals surface area (Å²) in [7, 11) is -3.59. The molecule has 1 saturated heterocycles. The van der Waals surface area contributed by atoms with E-state index in [0.717, 1.165) is 18.4 Å². The molecule has 1 heterocycles. The molecule has 0 aliphatic carbocycles. The number of nitrogens with zero attached hydrogens (tertiary/aromatic N) is 1. The van der Waals surface area contributed by atoms with Crippen molar-refractivity contribution in [3.05, 3.63) is 57.0 Å². The Morgan fingerprint density at radius 1 is 1.15 bits per heavy atom. The molecular weight excluding hydrogens is 440 g/mol. The Balaban J connectivity index is 1.89. The number of carbonyl (C=O) groups excluding carboxylic acids is 1. The fourth-order valence-electron chi connectivity index (χ4n) is 2.79. The van der Waals surface area contributed by atoms with Crippen molar-refractivity contribution < 1.29 is 13.2 Å². The Morgan fingerprint density at radius 3 is 2.50 bits per heavy atom. The van der Waals surface area contributed by atoms with E-state index >= 15 is 0 Å². The van der Waals surface area contributed by atoms with Crippen LogP contribution < -0.4 is 5.32 Å². The zero-order valence-electron chi connectivity index (χ0n) is 14.1. The lowest BCUT2D eigenvalue weighted by molar-refractivity contribution is 0.102. The highest BCUT2D eigenvalue weighted by molar-refractivity contribution is 9.10. The van der Waals surface area contributed by atoms with Crippen molar-refractivity contribution in [2.45, 2.75) is 24.7 Å². The first-order valence-electron chi connectivity index (χ1n) is 8.16. The first-order valence-corrected chi connectivity index (χ1v) is 10.8. The molecule has 8 heteroatoms. The highest BCUT2D eigenvalue weighted by atomic mass is 79.9. The van der Waals surface area contributed by atoms with Crippen molar-refractivity contribution in [3.63, 3.8) is 0 Å². The zero-order valence-corrected chi connectivity index (χ0v) is 17.3. The minimum atomic E-state index is -3.59. The summed E-state index contributed by atoms with van der Waals surface area (Å²) in [5.74, 6) is -0.407. The van der Waals surface area contributed by atoms with Gasteiger partial charge in [-0.2, -0.15) is 4.31 Å². The van der Waals surface area contributed by atoms with Crippen molar-refractivity contribution in [2.24, 2.45) is 0 Å². The van der Waals surface area contributed by atoms with Crippen LogP contribution >= 0.6 is 27.5 Å². The van der Waals surface area contributed by atoms with Crippen LogP contribution in [0.5, 0.6) is 0 Å². The van der Waals surface area contributed by atoms with E-state index in [9.17, 15) is 13.2 Å². The predicted octanol–water partition coefficient (Wildman–Crippen LogP) is 4.45. The number of hydrogen-bond donors (Lipinski definition) is 1. The molecule has 5 nitrogen and oxygen atoms in total. The molecule has 1 amide bonds. The quantitative estimate of drug-likeness (QED) is 0.738. The zero-order chi connectivity index (χ0) is 18.9. The molecule has 0 aromatic heterocycles. The molecule has 2 aromatic carbocycles. The second-order valence-electron chi connectivity index (χ2n) is 6.17. The molecule has 3 rings (SSSR count). The van der Waals surface area contributed by atoms with Gasteiger partial charge >= 0.3 is 0 Å². The molecule has 1 aliphatic heterocycles. The van der Waals surface area contributed by atoms with E-state index in [1.807, 2.05) is 6.92 Å². The van der Waals surface area contributed by atoms with Crippen molar-refractivity contribution in [1.29, 1.82) is 0 Å². The number of benzene rings is 2. The van der Waals surface area contributed by atoms with Crippen LogP contribution in [0.15, 0.2) is 45.8 Å². The van der Waals surface area contributed by atoms with Crippen molar-refractivity contribution in [3.8, 4) is 0 Å². The summed E-state index contributed by atoms with van der Waals surface area (Å²) >= 11 is 9.41. The highest BCUT2D eigenvalue weighted by Gasteiger charge is 2.28. The molecule has 1 aliphatic rings. The van der Waals surface area contributed by atoms with Gasteiger partial charge in [0.1, 0.15) is 0 Å². The van der Waals surface area contributed by atoms with Crippen LogP contribution in [0.2, 0.25) is 5.02 Å². The molecule has 0 bridgehead atoms. The van der Waals surface area contributed by atoms with Crippen LogP contribution in [0.1, 0.15) is 28.8 Å². The third-order valence-electron chi connectivity index (χ3n) is 4.31. The summed E-state index contributed by atoms with van der Waals surface area (Å²) in [6, 6.07) is 9.72. The number of nitrogens with one attached hydrogen (secondary N) is 1. The van der Waals surface area contributed by atoms with Crippen LogP contribution in [-0.2, 0) is 10.0 Å². The average molecular weight is 458 g/mol. The SMILES string of the molecule is Cc1ccc(NC(=O)c2cc(S(=O)(=O)N3CCCC3)ccc2Br)cc1Cl. The largest absolute Gasteiger partial charge is 0.322 e. The second-order valence-corrected chi connectivity index (χ2v) is 9.37. The monoisotopic (exact) mass is 456 g/mol. The molecule has 0 radical (unpaired) electrons. The van der Waals surface area contributed by atoms with Crippen molar-refractivity contribution in [1.82, 2.24) is 4.31 Å². The lowest BCUT2D eigenvalue weighted by Gasteiger charge is -2.16. The Labute approximate surface area is 166 Å². The molecule has 0 unspecified atom stereocenters. The van der Waals surface area contributed by atoms with Gasteiger partial charge < -0.3 is 5.32 Å². The Bertz CT molecular complexity index is 957. The Morgan fingerprint density at radius 2 is 1.85 bits per heavy atom. The van der Waals surface area contributed by atoms with Crippen LogP contribution in [0.3, 0.4) is 0 Å². The summed E-state index contributed by atoms with van der Waals surface area (Å²) < 4.78 is 27.4. The van der Waals surface area contributed by atoms with Crippen LogP contribution in [0.4, 0.5) is 5.69 Å². The predicted molar refractivity (Wildman–Crippen MR) is 106 cm³/mol. The maximum absolute atomic E-state index is 12.7. The van der Waals surface area contributed by atoms with Gasteiger partial charge in [-0.1, -0.05) is 17.7 Å². The first-order chi connectivity index (χ1) is 12.3. The minimum absolute atomic E-state index is 0.120. The van der Waals surface area contributed by atoms with Gasteiger partial charge in [0.05, 0.1) is 10.5 Å². The Hall–Kier alpha value is -1.41. The molecule has 1 N–H and O–H groups in total. The number of halogens is 2. The summed E-state index contributed by atoms with van der Waals surface area (Å²) in [5, 5.41) is 3.30. The van der Waals surface area contributed by atoms with E-state index < -0.39 is 15.9 Å². The molecule has 1 fully saturated rings. The standard InChI is InChI=1S/C18H18BrClN2O3S/c1-12-4-5-13(10-17(12)20)21-18(23)15-11-14(6-7-16(15)19)26(24,25)22-8-2-3-9-22/h4-7,10-11H,2-3,8-9H2,1H3,(H,21,23). The van der Waals surface area contributed by atoms with Crippen LogP contribution in [0.25, 0.3) is 0 Å². The first kappa shape index (κ1) is 19.4. The average Bonchev–Trinajstić information content (AvgIpc) is 3.13. The fraction of sp³-hybridized carbons (Fsp3) is 0.278. The van der Waals surface area contributed by atoms with Gasteiger partial charge in [0.15, 0.2) is 0 Å². The highest BCUT2D eigenvalue weighted by Crippen LogP contribution is 2.27. The van der Waals surface area contributed by atoms with E-state index in [1.165, 1.54) is 16.4 Å². The third-order valence-corrected chi connectivity index (χ3v) is 7.31. The summed E-state index contributed by atoms with van der Waals surface area (Å²) in [6.07, 6.45) is 1.72. The Kier molecular flexibility index (Phi) is 5.72. The van der Waals surface area contributed by atoms with Gasteiger partial charge in [0, 0.05) is 28.3 Å². The van der Waals surface area contributed by atoms with E-state index in [2.05, 4.69) is 21.2 Å². The molecule has 0 saturated carbocycles. The van der Waals surface area contributed by atoms with Gasteiger partial charge in [-0.15, -0.1) is 0 Å². The van der Waals surface area contributed by atoms with E-state index in [-0.39, 0.29) is 10.5 Å². The lowest BCUT2D eigenvalue weighted by Crippen LogP contribution is -2.28. The number of aryl methyl sites for hydroxylation is 1. The van der Waals surface area contributed by atoms with E-state index in [1.54, 1.807) is 24.3 Å². The number of rotatable bonds is 4. The number of sulfonamides is 1. The van der Waals surface area contributed by atoms with Crippen molar-refractivity contribution >= 4 is 49.1 Å². The molecule has 0 spiro atoms. The van der Waals surface area contributed by atoms with E-state index in [0.29, 0.717) is 28.3 Å². The maximum Gasteiger partial charge on any atom is 0.256 e. The van der Waals surface area contributed by atoms with Gasteiger partial charge in [-0.25, -0.2) is 8.42 Å². The molecule has 26 heavy (non-hydrogen) atoms. The topological polar surface area (TPSA) is 66.5 Å². The number of amides is 1. The normalized spacial score (nSPS) is 15.2. The molecule has 2 aromatic rings. The van der Waals surface area contributed by atoms with Crippen LogP contribution in [-0.4, -0.2) is 31.7 Å². The molecule has 138 valence electrons. The molecular formula is C18H18BrClN2O3S. The third kappa shape index (κ3) is 3.96. The summed E-state index contributed by atoms with van der Waals surface area (Å²) in [4.78, 5) is 12.8. The number of hydrogen-bond acceptors (Lipinski definition) is 3. The summed E-state index contributed by atoms with van der Waals surface area (Å²) in [6.45, 7) is 2.90. The molecule has 0 atom stereocenters. The number of anilines is 1. The van der Waals surface area contributed by atoms with Crippen molar-refractivity contribution in [2.75, 3.05) is 18.4 Å². The maximum atomic E-state index is 12.7. The van der Waals surface area contributed by atoms with Crippen LogP contribution in [0, 0.1) is 6.92 Å². The van der Waals surface area contributed by atoms with Gasteiger partial charge in [0.25, 0.3) is 5.91 Å². The van der Waals surface area contributed by atoms with Gasteiger partial charge in [0.2, 0.25) is 10.0 Å². The van der Waals surface area contributed by atoms with Gasteiger partial charge in [-0.05, 0) is 71.6 Å². The summed E-state index contributed by atoms with van der Waals surface area (Å²) in [5.41, 5.74) is 1.71. The minimum Gasteiger partial charge on any atom is -0.322 e. The van der Waals surface area contributed by atoms with Gasteiger partial charge in [-0.3, -0.25) is 4.79 Å². The second kappa shape index (κ2) is 7.68.